The highest BCUT2D eigenvalue weighted by Crippen LogP contribution is 2.22. The van der Waals surface area contributed by atoms with Crippen molar-refractivity contribution in [1.82, 2.24) is 0 Å². The topological polar surface area (TPSA) is 63.6 Å². The van der Waals surface area contributed by atoms with Crippen molar-refractivity contribution < 1.29 is 19.4 Å². The third-order valence-corrected chi connectivity index (χ3v) is 2.15. The van der Waals surface area contributed by atoms with Crippen molar-refractivity contribution in [3.05, 3.63) is 40.9 Å². The van der Waals surface area contributed by atoms with Crippen LogP contribution in [0.15, 0.2) is 30.4 Å². The van der Waals surface area contributed by atoms with Gasteiger partial charge in [0.2, 0.25) is 0 Å². The normalized spacial score (nSPS) is 10.4. The smallest absolute Gasteiger partial charge is 0.328 e. The molecule has 0 saturated carbocycles. The van der Waals surface area contributed by atoms with Crippen LogP contribution in [-0.4, -0.2) is 24.0 Å². The molecule has 84 valence electrons. The first kappa shape index (κ1) is 12.3. The van der Waals surface area contributed by atoms with Crippen LogP contribution < -0.4 is 4.74 Å². The minimum atomic E-state index is -1.19. The maximum Gasteiger partial charge on any atom is 0.328 e. The molecule has 1 rings (SSSR count). The first-order valence-corrected chi connectivity index (χ1v) is 4.71. The van der Waals surface area contributed by atoms with E-state index in [1.165, 1.54) is 19.2 Å². The zero-order valence-corrected chi connectivity index (χ0v) is 9.19. The van der Waals surface area contributed by atoms with Gasteiger partial charge in [-0.05, 0) is 24.3 Å². The van der Waals surface area contributed by atoms with Crippen molar-refractivity contribution in [2.75, 3.05) is 7.11 Å². The summed E-state index contributed by atoms with van der Waals surface area (Å²) in [6.45, 7) is 0. The Bertz CT molecular complexity index is 451. The Kier molecular flexibility index (Phi) is 4.08. The minimum absolute atomic E-state index is 0.207. The van der Waals surface area contributed by atoms with E-state index in [0.717, 1.165) is 12.2 Å². The van der Waals surface area contributed by atoms with E-state index in [1.54, 1.807) is 6.07 Å². The molecule has 1 aromatic rings. The van der Waals surface area contributed by atoms with Crippen molar-refractivity contribution in [3.63, 3.8) is 0 Å². The molecular formula is C11H9ClO4. The number of benzene rings is 1. The Morgan fingerprint density at radius 2 is 2.06 bits per heavy atom. The molecule has 0 aliphatic carbocycles. The highest BCUT2D eigenvalue weighted by molar-refractivity contribution is 6.34. The van der Waals surface area contributed by atoms with Crippen LogP contribution >= 0.6 is 11.6 Å². The van der Waals surface area contributed by atoms with Crippen molar-refractivity contribution in [3.8, 4) is 5.75 Å². The maximum absolute atomic E-state index is 11.5. The van der Waals surface area contributed by atoms with Gasteiger partial charge in [-0.15, -0.1) is 0 Å². The number of allylic oxidation sites excluding steroid dienone is 1. The fraction of sp³-hybridized carbons (Fsp3) is 0.0909. The monoisotopic (exact) mass is 240 g/mol. The molecule has 0 fully saturated rings. The number of carbonyl (C=O) groups is 2. The van der Waals surface area contributed by atoms with E-state index in [1.807, 2.05) is 0 Å². The molecule has 0 amide bonds. The van der Waals surface area contributed by atoms with E-state index in [-0.39, 0.29) is 10.6 Å². The standard InChI is InChI=1S/C11H9ClO4/c1-16-7-2-3-9(12)8(6-7)10(13)4-5-11(14)15/h2-6H,1H3,(H,14,15)/b5-4+. The Balaban J connectivity index is 3.02. The largest absolute Gasteiger partial charge is 0.497 e. The molecule has 0 aliphatic heterocycles. The van der Waals surface area contributed by atoms with Crippen molar-refractivity contribution >= 4 is 23.4 Å². The highest BCUT2D eigenvalue weighted by atomic mass is 35.5. The van der Waals surface area contributed by atoms with Crippen LogP contribution in [0.4, 0.5) is 0 Å². The number of rotatable bonds is 4. The molecule has 0 aromatic heterocycles. The fourth-order valence-electron chi connectivity index (χ4n) is 1.06. The van der Waals surface area contributed by atoms with Gasteiger partial charge in [-0.1, -0.05) is 11.6 Å². The Labute approximate surface area is 97.1 Å². The predicted octanol–water partition coefficient (Wildman–Crippen LogP) is 2.17. The molecule has 0 bridgehead atoms. The number of methoxy groups -OCH3 is 1. The van der Waals surface area contributed by atoms with Crippen molar-refractivity contribution in [2.45, 2.75) is 0 Å². The molecule has 0 unspecified atom stereocenters. The summed E-state index contributed by atoms with van der Waals surface area (Å²) < 4.78 is 4.93. The first-order chi connectivity index (χ1) is 7.54. The first-order valence-electron chi connectivity index (χ1n) is 4.33. The lowest BCUT2D eigenvalue weighted by molar-refractivity contribution is -0.131. The molecule has 0 aliphatic rings. The van der Waals surface area contributed by atoms with Gasteiger partial charge in [0, 0.05) is 11.6 Å². The summed E-state index contributed by atoms with van der Waals surface area (Å²) in [5.74, 6) is -1.19. The third-order valence-electron chi connectivity index (χ3n) is 1.82. The molecule has 0 atom stereocenters. The van der Waals surface area contributed by atoms with Crippen molar-refractivity contribution in [2.24, 2.45) is 0 Å². The molecule has 0 radical (unpaired) electrons. The summed E-state index contributed by atoms with van der Waals surface area (Å²) >= 11 is 5.81. The SMILES string of the molecule is COc1ccc(Cl)c(C(=O)/C=C/C(=O)O)c1. The Morgan fingerprint density at radius 1 is 1.38 bits per heavy atom. The van der Waals surface area contributed by atoms with Gasteiger partial charge in [-0.2, -0.15) is 0 Å². The molecule has 1 aromatic carbocycles. The average molecular weight is 241 g/mol. The number of ether oxygens (including phenoxy) is 1. The number of carboxylic acids is 1. The van der Waals surface area contributed by atoms with Crippen molar-refractivity contribution in [1.29, 1.82) is 0 Å². The summed E-state index contributed by atoms with van der Waals surface area (Å²) in [4.78, 5) is 21.8. The summed E-state index contributed by atoms with van der Waals surface area (Å²) in [5, 5.41) is 8.63. The zero-order chi connectivity index (χ0) is 12.1. The van der Waals surface area contributed by atoms with Gasteiger partial charge < -0.3 is 9.84 Å². The van der Waals surface area contributed by atoms with E-state index in [0.29, 0.717) is 5.75 Å². The lowest BCUT2D eigenvalue weighted by atomic mass is 10.1. The second-order valence-corrected chi connectivity index (χ2v) is 3.29. The van der Waals surface area contributed by atoms with Gasteiger partial charge in [0.15, 0.2) is 5.78 Å². The molecule has 0 heterocycles. The number of carboxylic acid groups (broad SMARTS) is 1. The summed E-state index contributed by atoms with van der Waals surface area (Å²) in [6.07, 6.45) is 1.71. The van der Waals surface area contributed by atoms with Crippen LogP contribution in [0.25, 0.3) is 0 Å². The molecule has 5 heteroatoms. The Morgan fingerprint density at radius 3 is 2.62 bits per heavy atom. The Hall–Kier alpha value is -1.81. The van der Waals surface area contributed by atoms with Crippen LogP contribution in [0, 0.1) is 0 Å². The number of aliphatic carboxylic acids is 1. The maximum atomic E-state index is 11.5. The fourth-order valence-corrected chi connectivity index (χ4v) is 1.27. The predicted molar refractivity (Wildman–Crippen MR) is 59.1 cm³/mol. The third kappa shape index (κ3) is 3.10. The number of ketones is 1. The van der Waals surface area contributed by atoms with E-state index >= 15 is 0 Å². The molecule has 0 spiro atoms. The molecule has 1 N–H and O–H groups in total. The van der Waals surface area contributed by atoms with Crippen LogP contribution in [0.1, 0.15) is 10.4 Å². The summed E-state index contributed by atoms with van der Waals surface area (Å²) in [7, 11) is 1.46. The lowest BCUT2D eigenvalue weighted by Crippen LogP contribution is -1.98. The number of halogens is 1. The van der Waals surface area contributed by atoms with Crippen LogP contribution in [0.2, 0.25) is 5.02 Å². The van der Waals surface area contributed by atoms with Crippen LogP contribution in [0.5, 0.6) is 5.75 Å². The average Bonchev–Trinajstić information content (AvgIpc) is 2.26. The minimum Gasteiger partial charge on any atom is -0.497 e. The molecule has 4 nitrogen and oxygen atoms in total. The van der Waals surface area contributed by atoms with Crippen LogP contribution in [0.3, 0.4) is 0 Å². The molecular weight excluding hydrogens is 232 g/mol. The van der Waals surface area contributed by atoms with Gasteiger partial charge in [-0.25, -0.2) is 4.79 Å². The number of hydrogen-bond donors (Lipinski definition) is 1. The quantitative estimate of drug-likeness (QED) is 0.647. The van der Waals surface area contributed by atoms with E-state index in [9.17, 15) is 9.59 Å². The molecule has 0 saturated heterocycles. The zero-order valence-electron chi connectivity index (χ0n) is 8.44. The van der Waals surface area contributed by atoms with Gasteiger partial charge in [0.1, 0.15) is 5.75 Å². The second-order valence-electron chi connectivity index (χ2n) is 2.88. The van der Waals surface area contributed by atoms with Gasteiger partial charge in [-0.3, -0.25) is 4.79 Å². The van der Waals surface area contributed by atoms with E-state index in [4.69, 9.17) is 21.4 Å². The lowest BCUT2D eigenvalue weighted by Gasteiger charge is -2.03. The second kappa shape index (κ2) is 5.32. The van der Waals surface area contributed by atoms with Gasteiger partial charge >= 0.3 is 5.97 Å². The molecule has 16 heavy (non-hydrogen) atoms. The highest BCUT2D eigenvalue weighted by Gasteiger charge is 2.09. The van der Waals surface area contributed by atoms with E-state index < -0.39 is 11.8 Å². The van der Waals surface area contributed by atoms with Gasteiger partial charge in [0.05, 0.1) is 12.1 Å². The van der Waals surface area contributed by atoms with E-state index in [2.05, 4.69) is 0 Å². The van der Waals surface area contributed by atoms with Gasteiger partial charge in [0.25, 0.3) is 0 Å². The number of carbonyl (C=O) groups excluding carboxylic acids is 1. The number of hydrogen-bond acceptors (Lipinski definition) is 3. The summed E-state index contributed by atoms with van der Waals surface area (Å²) in [6, 6.07) is 4.58. The van der Waals surface area contributed by atoms with Crippen LogP contribution in [-0.2, 0) is 4.79 Å². The summed E-state index contributed by atoms with van der Waals surface area (Å²) in [5.41, 5.74) is 0.207.